The first-order valence-corrected chi connectivity index (χ1v) is 7.84. The monoisotopic (exact) mass is 330 g/mol. The minimum Gasteiger partial charge on any atom is -0.376 e. The van der Waals surface area contributed by atoms with Gasteiger partial charge in [0, 0.05) is 30.7 Å². The summed E-state index contributed by atoms with van der Waals surface area (Å²) in [7, 11) is 0. The molecule has 2 rings (SSSR count). The highest BCUT2D eigenvalue weighted by molar-refractivity contribution is 9.11. The molecule has 1 saturated heterocycles. The smallest absolute Gasteiger partial charge is 0.237 e. The van der Waals surface area contributed by atoms with Crippen LogP contribution in [0.15, 0.2) is 10.1 Å². The lowest BCUT2D eigenvalue weighted by atomic mass is 10.1. The van der Waals surface area contributed by atoms with Gasteiger partial charge in [-0.15, -0.1) is 0 Å². The van der Waals surface area contributed by atoms with Gasteiger partial charge in [0.05, 0.1) is 12.1 Å². The molecule has 0 spiro atoms. The number of carbonyl (C=O) groups is 1. The zero-order valence-corrected chi connectivity index (χ0v) is 13.3. The zero-order valence-electron chi connectivity index (χ0n) is 11.7. The van der Waals surface area contributed by atoms with E-state index < -0.39 is 0 Å². The van der Waals surface area contributed by atoms with Crippen molar-refractivity contribution in [2.24, 2.45) is 0 Å². The quantitative estimate of drug-likeness (QED) is 0.857. The summed E-state index contributed by atoms with van der Waals surface area (Å²) < 4.78 is 6.74. The summed E-state index contributed by atoms with van der Waals surface area (Å²) in [6, 6.07) is -0.0814. The first kappa shape index (κ1) is 15.0. The first-order valence-electron chi connectivity index (χ1n) is 7.05. The third-order valence-corrected chi connectivity index (χ3v) is 4.96. The number of nitrogens with one attached hydrogen (secondary N) is 1. The van der Waals surface area contributed by atoms with Gasteiger partial charge in [0.25, 0.3) is 0 Å². The molecule has 0 aliphatic carbocycles. The Morgan fingerprint density at radius 2 is 2.42 bits per heavy atom. The Bertz CT molecular complexity index is 364. The SMILES string of the molecule is CC1=C(Br)CN(C(C)C(=O)NCC2CCCO2)CC1. The van der Waals surface area contributed by atoms with Crippen LogP contribution in [0.5, 0.6) is 0 Å². The number of hydrogen-bond donors (Lipinski definition) is 1. The van der Waals surface area contributed by atoms with Crippen LogP contribution in [0, 0.1) is 0 Å². The predicted octanol–water partition coefficient (Wildman–Crippen LogP) is 2.04. The predicted molar refractivity (Wildman–Crippen MR) is 79.3 cm³/mol. The second kappa shape index (κ2) is 6.86. The maximum absolute atomic E-state index is 12.1. The number of ether oxygens (including phenoxy) is 1. The molecule has 4 nitrogen and oxygen atoms in total. The summed E-state index contributed by atoms with van der Waals surface area (Å²) in [6.45, 7) is 7.39. The number of hydrogen-bond acceptors (Lipinski definition) is 3. The summed E-state index contributed by atoms with van der Waals surface area (Å²) in [4.78, 5) is 14.4. The highest BCUT2D eigenvalue weighted by atomic mass is 79.9. The van der Waals surface area contributed by atoms with Gasteiger partial charge in [-0.3, -0.25) is 9.69 Å². The third kappa shape index (κ3) is 4.04. The normalized spacial score (nSPS) is 26.6. The second-order valence-corrected chi connectivity index (χ2v) is 6.42. The summed E-state index contributed by atoms with van der Waals surface area (Å²) in [5, 5.41) is 3.01. The number of halogens is 1. The molecule has 108 valence electrons. The van der Waals surface area contributed by atoms with Crippen molar-refractivity contribution in [2.75, 3.05) is 26.2 Å². The number of nitrogens with zero attached hydrogens (tertiary/aromatic N) is 1. The molecule has 2 heterocycles. The molecule has 0 aromatic carbocycles. The average molecular weight is 331 g/mol. The molecular weight excluding hydrogens is 308 g/mol. The first-order chi connectivity index (χ1) is 9.08. The van der Waals surface area contributed by atoms with E-state index in [4.69, 9.17) is 4.74 Å². The van der Waals surface area contributed by atoms with Crippen LogP contribution in [-0.4, -0.2) is 49.2 Å². The molecule has 1 N–H and O–H groups in total. The van der Waals surface area contributed by atoms with Crippen LogP contribution in [0.25, 0.3) is 0 Å². The van der Waals surface area contributed by atoms with E-state index in [-0.39, 0.29) is 18.1 Å². The molecule has 2 aliphatic rings. The van der Waals surface area contributed by atoms with E-state index in [1.54, 1.807) is 0 Å². The molecule has 19 heavy (non-hydrogen) atoms. The number of rotatable bonds is 4. The summed E-state index contributed by atoms with van der Waals surface area (Å²) in [5.41, 5.74) is 1.39. The molecule has 1 fully saturated rings. The number of amides is 1. The van der Waals surface area contributed by atoms with E-state index in [1.807, 2.05) is 6.92 Å². The largest absolute Gasteiger partial charge is 0.376 e. The van der Waals surface area contributed by atoms with E-state index >= 15 is 0 Å². The maximum Gasteiger partial charge on any atom is 0.237 e. The molecule has 0 aromatic rings. The molecule has 5 heteroatoms. The van der Waals surface area contributed by atoms with Gasteiger partial charge in [-0.2, -0.15) is 0 Å². The van der Waals surface area contributed by atoms with E-state index in [9.17, 15) is 4.79 Å². The van der Waals surface area contributed by atoms with Gasteiger partial charge < -0.3 is 10.1 Å². The van der Waals surface area contributed by atoms with Gasteiger partial charge in [-0.05, 0) is 33.1 Å². The second-order valence-electron chi connectivity index (χ2n) is 5.46. The summed E-state index contributed by atoms with van der Waals surface area (Å²) in [6.07, 6.45) is 3.42. The van der Waals surface area contributed by atoms with Crippen LogP contribution in [0.4, 0.5) is 0 Å². The Morgan fingerprint density at radius 3 is 3.05 bits per heavy atom. The van der Waals surface area contributed by atoms with Crippen LogP contribution in [0.1, 0.15) is 33.1 Å². The van der Waals surface area contributed by atoms with Crippen molar-refractivity contribution in [3.63, 3.8) is 0 Å². The molecule has 2 aliphatic heterocycles. The van der Waals surface area contributed by atoms with Crippen molar-refractivity contribution in [1.29, 1.82) is 0 Å². The van der Waals surface area contributed by atoms with Gasteiger partial charge in [0.1, 0.15) is 0 Å². The average Bonchev–Trinajstić information content (AvgIpc) is 2.91. The van der Waals surface area contributed by atoms with Gasteiger partial charge in [0.2, 0.25) is 5.91 Å². The van der Waals surface area contributed by atoms with Crippen LogP contribution >= 0.6 is 15.9 Å². The molecule has 2 unspecified atom stereocenters. The van der Waals surface area contributed by atoms with E-state index in [2.05, 4.69) is 33.1 Å². The van der Waals surface area contributed by atoms with Crippen LogP contribution < -0.4 is 5.32 Å². The van der Waals surface area contributed by atoms with Crippen molar-refractivity contribution >= 4 is 21.8 Å². The summed E-state index contributed by atoms with van der Waals surface area (Å²) in [5.74, 6) is 0.107. The molecule has 1 amide bonds. The number of carbonyl (C=O) groups excluding carboxylic acids is 1. The van der Waals surface area contributed by atoms with Gasteiger partial charge in [-0.25, -0.2) is 0 Å². The summed E-state index contributed by atoms with van der Waals surface area (Å²) >= 11 is 3.59. The Morgan fingerprint density at radius 1 is 1.63 bits per heavy atom. The maximum atomic E-state index is 12.1. The Kier molecular flexibility index (Phi) is 5.42. The topological polar surface area (TPSA) is 41.6 Å². The Hall–Kier alpha value is -0.390. The third-order valence-electron chi connectivity index (χ3n) is 4.03. The van der Waals surface area contributed by atoms with Gasteiger partial charge in [-0.1, -0.05) is 21.5 Å². The van der Waals surface area contributed by atoms with Crippen LogP contribution in [0.2, 0.25) is 0 Å². The van der Waals surface area contributed by atoms with Crippen molar-refractivity contribution in [3.8, 4) is 0 Å². The van der Waals surface area contributed by atoms with Crippen LogP contribution in [-0.2, 0) is 9.53 Å². The van der Waals surface area contributed by atoms with Crippen molar-refractivity contribution in [1.82, 2.24) is 10.2 Å². The lowest BCUT2D eigenvalue weighted by molar-refractivity contribution is -0.126. The molecule has 0 saturated carbocycles. The van der Waals surface area contributed by atoms with Crippen molar-refractivity contribution in [3.05, 3.63) is 10.1 Å². The Labute approximate surface area is 123 Å². The molecular formula is C14H23BrN2O2. The lowest BCUT2D eigenvalue weighted by Crippen LogP contribution is -2.48. The van der Waals surface area contributed by atoms with Crippen molar-refractivity contribution in [2.45, 2.75) is 45.3 Å². The minimum atomic E-state index is -0.0814. The van der Waals surface area contributed by atoms with Crippen LogP contribution in [0.3, 0.4) is 0 Å². The zero-order chi connectivity index (χ0) is 13.8. The highest BCUT2D eigenvalue weighted by Crippen LogP contribution is 2.23. The fourth-order valence-corrected chi connectivity index (χ4v) is 3.02. The van der Waals surface area contributed by atoms with E-state index in [0.717, 1.165) is 39.0 Å². The van der Waals surface area contributed by atoms with E-state index in [0.29, 0.717) is 6.54 Å². The Balaban J connectivity index is 1.78. The van der Waals surface area contributed by atoms with Crippen molar-refractivity contribution < 1.29 is 9.53 Å². The molecule has 2 atom stereocenters. The molecule has 0 radical (unpaired) electrons. The fourth-order valence-electron chi connectivity index (χ4n) is 2.50. The van der Waals surface area contributed by atoms with E-state index in [1.165, 1.54) is 10.1 Å². The minimum absolute atomic E-state index is 0.0814. The lowest BCUT2D eigenvalue weighted by Gasteiger charge is -2.32. The highest BCUT2D eigenvalue weighted by Gasteiger charge is 2.25. The molecule has 0 aromatic heterocycles. The molecule has 0 bridgehead atoms. The van der Waals surface area contributed by atoms with Gasteiger partial charge in [0.15, 0.2) is 0 Å². The van der Waals surface area contributed by atoms with Gasteiger partial charge >= 0.3 is 0 Å². The fraction of sp³-hybridized carbons (Fsp3) is 0.786. The standard InChI is InChI=1S/C14H23BrN2O2/c1-10-5-6-17(9-13(10)15)11(2)14(18)16-8-12-4-3-7-19-12/h11-12H,3-9H2,1-2H3,(H,16,18).